The molecule has 2 aliphatic heterocycles. The van der Waals surface area contributed by atoms with Crippen LogP contribution in [0.2, 0.25) is 0 Å². The van der Waals surface area contributed by atoms with E-state index in [0.29, 0.717) is 80.1 Å². The van der Waals surface area contributed by atoms with Crippen LogP contribution in [-0.2, 0) is 10.0 Å². The van der Waals surface area contributed by atoms with Gasteiger partial charge in [0.1, 0.15) is 4.90 Å². The van der Waals surface area contributed by atoms with E-state index in [-0.39, 0.29) is 35.1 Å². The van der Waals surface area contributed by atoms with E-state index < -0.39 is 10.0 Å². The van der Waals surface area contributed by atoms with Crippen LogP contribution < -0.4 is 10.6 Å². The third kappa shape index (κ3) is 5.41. The quantitative estimate of drug-likeness (QED) is 0.335. The lowest BCUT2D eigenvalue weighted by Crippen LogP contribution is -2.47. The van der Waals surface area contributed by atoms with E-state index in [4.69, 9.17) is 0 Å². The third-order valence-electron chi connectivity index (χ3n) is 6.75. The second-order valence-corrected chi connectivity index (χ2v) is 11.1. The molecule has 204 valence electrons. The van der Waals surface area contributed by atoms with Gasteiger partial charge in [-0.05, 0) is 37.4 Å². The highest BCUT2D eigenvalue weighted by Crippen LogP contribution is 2.36. The molecule has 5 rings (SSSR count). The minimum Gasteiger partial charge on any atom is -0.494 e. The number of carbonyl (C=O) groups excluding carboxylic acids is 2. The number of sulfonamides is 1. The maximum absolute atomic E-state index is 13.0. The van der Waals surface area contributed by atoms with Crippen molar-refractivity contribution in [3.63, 3.8) is 0 Å². The number of urea groups is 1. The zero-order valence-electron chi connectivity index (χ0n) is 20.8. The summed E-state index contributed by atoms with van der Waals surface area (Å²) in [5.74, 6) is -0.440. The predicted molar refractivity (Wildman–Crippen MR) is 144 cm³/mol. The highest BCUT2D eigenvalue weighted by atomic mass is 35.5. The van der Waals surface area contributed by atoms with Crippen LogP contribution in [0.3, 0.4) is 0 Å². The van der Waals surface area contributed by atoms with Crippen molar-refractivity contribution in [3.8, 4) is 17.1 Å². The molecule has 3 amide bonds. The first-order chi connectivity index (χ1) is 17.7. The fourth-order valence-corrected chi connectivity index (χ4v) is 5.94. The fourth-order valence-electron chi connectivity index (χ4n) is 4.57. The van der Waals surface area contributed by atoms with Gasteiger partial charge < -0.3 is 30.5 Å². The van der Waals surface area contributed by atoms with E-state index in [1.165, 1.54) is 16.6 Å². The number of halogens is 1. The number of fused-ring (bicyclic) bond motifs is 1. The van der Waals surface area contributed by atoms with Gasteiger partial charge in [-0.1, -0.05) is 0 Å². The van der Waals surface area contributed by atoms with Gasteiger partial charge in [-0.25, -0.2) is 13.2 Å². The number of pyridine rings is 1. The van der Waals surface area contributed by atoms with Crippen LogP contribution in [0, 0.1) is 0 Å². The number of benzene rings is 1. The number of piperazine rings is 1. The van der Waals surface area contributed by atoms with Crippen LogP contribution in [0.1, 0.15) is 10.4 Å². The summed E-state index contributed by atoms with van der Waals surface area (Å²) >= 11 is 0. The number of hydrogen-bond acceptors (Lipinski definition) is 7. The molecule has 1 aromatic carbocycles. The molecule has 3 aromatic rings. The lowest BCUT2D eigenvalue weighted by molar-refractivity contribution is 0.0950. The zero-order chi connectivity index (χ0) is 26.2. The maximum atomic E-state index is 13.0. The number of rotatable bonds is 7. The lowest BCUT2D eigenvalue weighted by atomic mass is 10.1. The van der Waals surface area contributed by atoms with Crippen molar-refractivity contribution in [3.05, 3.63) is 42.1 Å². The number of aromatic amines is 1. The molecule has 0 spiro atoms. The number of amides is 3. The van der Waals surface area contributed by atoms with Crippen molar-refractivity contribution < 1.29 is 23.1 Å². The molecule has 2 saturated heterocycles. The largest absolute Gasteiger partial charge is 0.494 e. The Balaban J connectivity index is 0.00000336. The van der Waals surface area contributed by atoms with Gasteiger partial charge in [-0.3, -0.25) is 9.78 Å². The first-order valence-electron chi connectivity index (χ1n) is 12.0. The van der Waals surface area contributed by atoms with E-state index in [2.05, 4.69) is 25.5 Å². The fraction of sp³-hybridized carbons (Fsp3) is 0.375. The molecule has 12 nitrogen and oxygen atoms in total. The van der Waals surface area contributed by atoms with E-state index in [1.807, 2.05) is 7.05 Å². The highest BCUT2D eigenvalue weighted by molar-refractivity contribution is 7.89. The van der Waals surface area contributed by atoms with Gasteiger partial charge in [0.05, 0.1) is 11.3 Å². The highest BCUT2D eigenvalue weighted by Gasteiger charge is 2.28. The predicted octanol–water partition coefficient (Wildman–Crippen LogP) is 1.05. The number of aromatic nitrogens is 2. The molecule has 2 fully saturated rings. The minimum absolute atomic E-state index is 0. The van der Waals surface area contributed by atoms with Crippen molar-refractivity contribution in [2.75, 3.05) is 59.4 Å². The molecule has 4 heterocycles. The Morgan fingerprint density at radius 1 is 1.13 bits per heavy atom. The molecule has 0 saturated carbocycles. The molecule has 2 aromatic heterocycles. The molecule has 0 radical (unpaired) electrons. The summed E-state index contributed by atoms with van der Waals surface area (Å²) in [4.78, 5) is 35.4. The first kappa shape index (κ1) is 27.6. The summed E-state index contributed by atoms with van der Waals surface area (Å²) in [5, 5.41) is 16.7. The van der Waals surface area contributed by atoms with Gasteiger partial charge >= 0.3 is 6.03 Å². The van der Waals surface area contributed by atoms with E-state index in [0.717, 1.165) is 0 Å². The Kier molecular flexibility index (Phi) is 8.11. The summed E-state index contributed by atoms with van der Waals surface area (Å²) in [5.41, 5.74) is 1.74. The van der Waals surface area contributed by atoms with Crippen molar-refractivity contribution in [2.24, 2.45) is 0 Å². The first-order valence-corrected chi connectivity index (χ1v) is 13.5. The van der Waals surface area contributed by atoms with Crippen molar-refractivity contribution in [1.29, 1.82) is 0 Å². The number of carbonyl (C=O) groups is 2. The normalized spacial score (nSPS) is 16.9. The Morgan fingerprint density at radius 3 is 2.55 bits per heavy atom. The summed E-state index contributed by atoms with van der Waals surface area (Å²) < 4.78 is 27.5. The molecule has 0 aliphatic carbocycles. The summed E-state index contributed by atoms with van der Waals surface area (Å²) in [6, 6.07) is 7.87. The molecule has 4 N–H and O–H groups in total. The number of likely N-dealkylation sites (N-methyl/N-ethyl adjacent to an activating group) is 1. The monoisotopic (exact) mass is 563 g/mol. The summed E-state index contributed by atoms with van der Waals surface area (Å²) in [6.07, 6.45) is 1.30. The molecule has 0 unspecified atom stereocenters. The van der Waals surface area contributed by atoms with Gasteiger partial charge in [0, 0.05) is 75.0 Å². The minimum atomic E-state index is -3.67. The molecule has 0 atom stereocenters. The zero-order valence-corrected chi connectivity index (χ0v) is 22.4. The Labute approximate surface area is 226 Å². The number of H-pyrrole nitrogens is 1. The van der Waals surface area contributed by atoms with Crippen LogP contribution in [0.15, 0.2) is 41.4 Å². The lowest BCUT2D eigenvalue weighted by Gasteiger charge is -2.31. The van der Waals surface area contributed by atoms with Gasteiger partial charge in [0.2, 0.25) is 10.0 Å². The number of aromatic hydroxyl groups is 1. The van der Waals surface area contributed by atoms with Crippen LogP contribution >= 0.6 is 12.4 Å². The van der Waals surface area contributed by atoms with E-state index >= 15 is 0 Å². The SMILES string of the molecule is CN1CCN(S(=O)(=O)c2ccc(-c3c(O)[nH]c4ccc(C(=O)NCCN5CCNC5=O)cc34)nc2)CC1.Cl. The third-order valence-corrected chi connectivity index (χ3v) is 8.63. The van der Waals surface area contributed by atoms with E-state index in [1.54, 1.807) is 29.2 Å². The molecular formula is C24H30ClN7O5S. The van der Waals surface area contributed by atoms with Crippen molar-refractivity contribution >= 4 is 45.3 Å². The van der Waals surface area contributed by atoms with Crippen LogP contribution in [-0.4, -0.2) is 109 Å². The van der Waals surface area contributed by atoms with Crippen LogP contribution in [0.5, 0.6) is 5.88 Å². The number of nitrogens with zero attached hydrogens (tertiary/aromatic N) is 4. The van der Waals surface area contributed by atoms with Crippen molar-refractivity contribution in [1.82, 2.24) is 34.7 Å². The van der Waals surface area contributed by atoms with Gasteiger partial charge in [-0.15, -0.1) is 12.4 Å². The average Bonchev–Trinajstić information content (AvgIpc) is 3.45. The second kappa shape index (κ2) is 11.2. The van der Waals surface area contributed by atoms with Gasteiger partial charge in [-0.2, -0.15) is 4.31 Å². The molecular weight excluding hydrogens is 534 g/mol. The van der Waals surface area contributed by atoms with Gasteiger partial charge in [0.15, 0.2) is 5.88 Å². The molecule has 0 bridgehead atoms. The Bertz CT molecular complexity index is 1440. The molecule has 2 aliphatic rings. The standard InChI is InChI=1S/C24H29N7O5S.ClH/c1-29-10-12-31(13-11-29)37(35,36)17-3-5-20(27-15-17)21-18-14-16(2-4-19(18)28-23(21)33)22(32)25-6-8-30-9-7-26-24(30)34;/h2-5,14-15,28,33H,6-13H2,1H3,(H,25,32)(H,26,34);1H. The van der Waals surface area contributed by atoms with Crippen LogP contribution in [0.25, 0.3) is 22.2 Å². The smallest absolute Gasteiger partial charge is 0.317 e. The summed E-state index contributed by atoms with van der Waals surface area (Å²) in [7, 11) is -1.71. The van der Waals surface area contributed by atoms with Crippen molar-refractivity contribution in [2.45, 2.75) is 4.90 Å². The average molecular weight is 564 g/mol. The Hall–Kier alpha value is -3.39. The van der Waals surface area contributed by atoms with Gasteiger partial charge in [0.25, 0.3) is 5.91 Å². The summed E-state index contributed by atoms with van der Waals surface area (Å²) in [6.45, 7) is 4.08. The molecule has 38 heavy (non-hydrogen) atoms. The van der Waals surface area contributed by atoms with Crippen LogP contribution in [0.4, 0.5) is 4.79 Å². The van der Waals surface area contributed by atoms with E-state index in [9.17, 15) is 23.1 Å². The Morgan fingerprint density at radius 2 is 1.89 bits per heavy atom. The second-order valence-electron chi connectivity index (χ2n) is 9.17. The number of hydrogen-bond donors (Lipinski definition) is 4. The topological polar surface area (TPSA) is 151 Å². The number of nitrogens with one attached hydrogen (secondary N) is 3. The maximum Gasteiger partial charge on any atom is 0.317 e. The molecule has 14 heteroatoms.